The molecule has 8 nitrogen and oxygen atoms in total. The molecule has 1 aromatic carbocycles. The number of aliphatic hydroxyl groups excluding tert-OH is 1. The second-order valence-electron chi connectivity index (χ2n) is 7.86. The molecule has 2 N–H and O–H groups in total. The molecule has 1 aliphatic heterocycles. The topological polar surface area (TPSA) is 108 Å². The minimum absolute atomic E-state index is 0.0220. The molecule has 0 saturated carbocycles. The van der Waals surface area contributed by atoms with Crippen molar-refractivity contribution in [3.8, 4) is 0 Å². The van der Waals surface area contributed by atoms with Crippen LogP contribution < -0.4 is 0 Å². The van der Waals surface area contributed by atoms with E-state index < -0.39 is 53.6 Å². The van der Waals surface area contributed by atoms with Gasteiger partial charge in [-0.2, -0.15) is 13.2 Å². The molecule has 1 amide bonds. The third kappa shape index (κ3) is 3.95. The highest BCUT2D eigenvalue weighted by atomic mass is 32.1. The van der Waals surface area contributed by atoms with Gasteiger partial charge in [0.15, 0.2) is 5.69 Å². The molecule has 0 fully saturated rings. The van der Waals surface area contributed by atoms with Crippen molar-refractivity contribution >= 4 is 27.5 Å². The second-order valence-corrected chi connectivity index (χ2v) is 8.92. The first kappa shape index (κ1) is 23.4. The van der Waals surface area contributed by atoms with Crippen molar-refractivity contribution in [3.63, 3.8) is 0 Å². The number of carbonyl (C=O) groups excluding carboxylic acids is 1. The molecule has 3 aromatic heterocycles. The van der Waals surface area contributed by atoms with Crippen molar-refractivity contribution in [1.82, 2.24) is 24.8 Å². The number of hydrogen-bond acceptors (Lipinski definition) is 7. The number of fused-ring (bicyclic) bond motifs is 2. The monoisotopic (exact) mass is 513 g/mol. The summed E-state index contributed by atoms with van der Waals surface area (Å²) in [5.41, 5.74) is -1.15. The lowest BCUT2D eigenvalue weighted by atomic mass is 10.0. The molecule has 1 aliphatic rings. The summed E-state index contributed by atoms with van der Waals surface area (Å²) in [4.78, 5) is 29.6. The number of thiazole rings is 1. The number of amides is 1. The Morgan fingerprint density at radius 3 is 2.77 bits per heavy atom. The van der Waals surface area contributed by atoms with Gasteiger partial charge in [0.2, 0.25) is 11.7 Å². The number of carbonyl (C=O) groups is 1. The summed E-state index contributed by atoms with van der Waals surface area (Å²) in [5, 5.41) is 9.83. The third-order valence-electron chi connectivity index (χ3n) is 5.59. The van der Waals surface area contributed by atoms with Gasteiger partial charge >= 0.3 is 6.18 Å². The number of aliphatic hydroxyl groups is 1. The van der Waals surface area contributed by atoms with Gasteiger partial charge in [-0.05, 0) is 19.1 Å². The van der Waals surface area contributed by atoms with Crippen LogP contribution in [-0.4, -0.2) is 42.4 Å². The van der Waals surface area contributed by atoms with E-state index in [-0.39, 0.29) is 28.2 Å². The van der Waals surface area contributed by atoms with E-state index >= 15 is 0 Å². The molecule has 184 valence electrons. The fraction of sp³-hybridized carbons (Fsp3) is 0.333. The van der Waals surface area contributed by atoms with Crippen molar-refractivity contribution < 1.29 is 36.3 Å². The van der Waals surface area contributed by atoms with Crippen LogP contribution in [0.2, 0.25) is 0 Å². The number of benzene rings is 1. The van der Waals surface area contributed by atoms with E-state index in [9.17, 15) is 31.9 Å². The summed E-state index contributed by atoms with van der Waals surface area (Å²) in [6.07, 6.45) is -7.48. The van der Waals surface area contributed by atoms with Gasteiger partial charge in [-0.1, -0.05) is 6.07 Å². The van der Waals surface area contributed by atoms with Crippen LogP contribution >= 0.6 is 11.3 Å². The molecule has 4 aromatic rings. The average molecular weight is 513 g/mol. The number of nitrogens with zero attached hydrogens (tertiary/aromatic N) is 4. The Morgan fingerprint density at radius 2 is 2.09 bits per heavy atom. The predicted octanol–water partition coefficient (Wildman–Crippen LogP) is 4.81. The number of hydrogen-bond donors (Lipinski definition) is 2. The Kier molecular flexibility index (Phi) is 5.59. The fourth-order valence-electron chi connectivity index (χ4n) is 4.02. The van der Waals surface area contributed by atoms with Crippen LogP contribution in [0.3, 0.4) is 0 Å². The van der Waals surface area contributed by atoms with Crippen LogP contribution in [0.5, 0.6) is 0 Å². The number of para-hydroxylation sites is 1. The van der Waals surface area contributed by atoms with E-state index in [1.165, 1.54) is 30.3 Å². The number of halogens is 5. The lowest BCUT2D eigenvalue weighted by molar-refractivity contribution is -0.136. The molecule has 4 heterocycles. The zero-order valence-corrected chi connectivity index (χ0v) is 18.6. The lowest BCUT2D eigenvalue weighted by Gasteiger charge is -2.33. The third-order valence-corrected chi connectivity index (χ3v) is 6.66. The highest BCUT2D eigenvalue weighted by Crippen LogP contribution is 2.42. The van der Waals surface area contributed by atoms with E-state index in [0.717, 1.165) is 17.4 Å². The summed E-state index contributed by atoms with van der Waals surface area (Å²) >= 11 is 0.945. The molecule has 5 rings (SSSR count). The minimum atomic E-state index is -4.65. The van der Waals surface area contributed by atoms with E-state index in [2.05, 4.69) is 19.9 Å². The molecule has 0 spiro atoms. The fourth-order valence-corrected chi connectivity index (χ4v) is 5.13. The Hall–Kier alpha value is -3.39. The van der Waals surface area contributed by atoms with Crippen LogP contribution in [0.1, 0.15) is 69.6 Å². The molecule has 0 unspecified atom stereocenters. The summed E-state index contributed by atoms with van der Waals surface area (Å²) in [6.45, 7) is 1.27. The van der Waals surface area contributed by atoms with Crippen molar-refractivity contribution in [2.24, 2.45) is 0 Å². The standard InChI is InChI=1S/C21H16F5N5O3S/c1-8(32)18-29-14(17(22)23)16(34-18)20(33)31-6-5-10-13(28-7-27-10)15(31)19-30-12-9(21(24,25)26)3-2-4-11(12)35-19/h2-4,7-8,15,17,32H,5-6H2,1H3,(H,27,28)/t8-,15-/m0/s1. The number of aromatic amines is 1. The molecule has 0 radical (unpaired) electrons. The number of rotatable bonds is 4. The molecule has 0 aliphatic carbocycles. The van der Waals surface area contributed by atoms with Gasteiger partial charge < -0.3 is 19.4 Å². The summed E-state index contributed by atoms with van der Waals surface area (Å²) in [7, 11) is 0. The van der Waals surface area contributed by atoms with Crippen LogP contribution in [0.4, 0.5) is 22.0 Å². The number of alkyl halides is 5. The molecule has 0 bridgehead atoms. The largest absolute Gasteiger partial charge is 0.432 e. The van der Waals surface area contributed by atoms with Gasteiger partial charge in [0.25, 0.3) is 12.3 Å². The molecule has 2 atom stereocenters. The quantitative estimate of drug-likeness (QED) is 0.380. The van der Waals surface area contributed by atoms with Gasteiger partial charge in [0, 0.05) is 18.7 Å². The zero-order valence-electron chi connectivity index (χ0n) is 17.8. The van der Waals surface area contributed by atoms with Crippen molar-refractivity contribution in [1.29, 1.82) is 0 Å². The highest BCUT2D eigenvalue weighted by Gasteiger charge is 2.41. The number of H-pyrrole nitrogens is 1. The van der Waals surface area contributed by atoms with Crippen molar-refractivity contribution in [3.05, 3.63) is 63.8 Å². The van der Waals surface area contributed by atoms with Crippen LogP contribution in [0, 0.1) is 0 Å². The SMILES string of the molecule is C[C@H](O)c1nc(C(F)F)c(C(=O)N2CCc3[nH]cnc3[C@H]2c2nc3c(C(F)(F)F)cccc3s2)o1. The minimum Gasteiger partial charge on any atom is -0.432 e. The second kappa shape index (κ2) is 8.37. The van der Waals surface area contributed by atoms with Gasteiger partial charge in [-0.3, -0.25) is 4.79 Å². The van der Waals surface area contributed by atoms with E-state index in [0.29, 0.717) is 11.4 Å². The maximum Gasteiger partial charge on any atom is 0.418 e. The van der Waals surface area contributed by atoms with Gasteiger partial charge in [-0.25, -0.2) is 23.7 Å². The number of aromatic nitrogens is 4. The molecule has 0 saturated heterocycles. The van der Waals surface area contributed by atoms with Gasteiger partial charge in [0.1, 0.15) is 17.2 Å². The Morgan fingerprint density at radius 1 is 1.31 bits per heavy atom. The lowest BCUT2D eigenvalue weighted by Crippen LogP contribution is -2.41. The first-order chi connectivity index (χ1) is 16.6. The predicted molar refractivity (Wildman–Crippen MR) is 112 cm³/mol. The molecular formula is C21H16F5N5O3S. The number of oxazole rings is 1. The van der Waals surface area contributed by atoms with E-state index in [1.54, 1.807) is 0 Å². The summed E-state index contributed by atoms with van der Waals surface area (Å²) < 4.78 is 73.3. The van der Waals surface area contributed by atoms with Crippen LogP contribution in [0.15, 0.2) is 28.9 Å². The number of imidazole rings is 1. The summed E-state index contributed by atoms with van der Waals surface area (Å²) in [5.74, 6) is -2.17. The molecular weight excluding hydrogens is 497 g/mol. The molecule has 35 heavy (non-hydrogen) atoms. The van der Waals surface area contributed by atoms with Crippen LogP contribution in [0.25, 0.3) is 10.2 Å². The van der Waals surface area contributed by atoms with Crippen molar-refractivity contribution in [2.45, 2.75) is 38.1 Å². The Balaban J connectivity index is 1.64. The maximum absolute atomic E-state index is 13.6. The van der Waals surface area contributed by atoms with Crippen molar-refractivity contribution in [2.75, 3.05) is 6.54 Å². The summed E-state index contributed by atoms with van der Waals surface area (Å²) in [6, 6.07) is 2.60. The first-order valence-corrected chi connectivity index (χ1v) is 11.1. The highest BCUT2D eigenvalue weighted by molar-refractivity contribution is 7.18. The zero-order chi connectivity index (χ0) is 25.1. The smallest absolute Gasteiger partial charge is 0.418 e. The van der Waals surface area contributed by atoms with E-state index in [1.807, 2.05) is 0 Å². The first-order valence-electron chi connectivity index (χ1n) is 10.3. The number of nitrogens with one attached hydrogen (secondary N) is 1. The van der Waals surface area contributed by atoms with Gasteiger partial charge in [0.05, 0.1) is 27.8 Å². The Labute approximate surface area is 197 Å². The van der Waals surface area contributed by atoms with Crippen LogP contribution in [-0.2, 0) is 12.6 Å². The van der Waals surface area contributed by atoms with E-state index in [4.69, 9.17) is 4.42 Å². The maximum atomic E-state index is 13.6. The normalized spacial score (nSPS) is 17.3. The average Bonchev–Trinajstić information content (AvgIpc) is 3.54. The van der Waals surface area contributed by atoms with Gasteiger partial charge in [-0.15, -0.1) is 11.3 Å². The molecule has 14 heteroatoms. The Bertz CT molecular complexity index is 1410.